The molecule has 1 aromatic heterocycles. The molecule has 2 aliphatic rings. The largest absolute Gasteiger partial charge is 0.337 e. The lowest BCUT2D eigenvalue weighted by Gasteiger charge is -2.25. The lowest BCUT2D eigenvalue weighted by molar-refractivity contribution is 0.0757. The first-order valence-corrected chi connectivity index (χ1v) is 9.24. The molecule has 0 radical (unpaired) electrons. The molecule has 6 heteroatoms. The summed E-state index contributed by atoms with van der Waals surface area (Å²) in [4.78, 5) is 14.7. The van der Waals surface area contributed by atoms with Crippen LogP contribution in [0.15, 0.2) is 30.5 Å². The van der Waals surface area contributed by atoms with E-state index in [-0.39, 0.29) is 5.91 Å². The monoisotopic (exact) mass is 339 g/mol. The molecule has 2 aromatic rings. The molecule has 1 aliphatic heterocycles. The Kier molecular flexibility index (Phi) is 4.53. The van der Waals surface area contributed by atoms with Gasteiger partial charge in [0, 0.05) is 19.1 Å². The van der Waals surface area contributed by atoms with Gasteiger partial charge in [-0.25, -0.2) is 4.68 Å². The number of rotatable bonds is 2. The Labute approximate surface area is 148 Å². The molecule has 0 bridgehead atoms. The second-order valence-corrected chi connectivity index (χ2v) is 7.21. The maximum Gasteiger partial charge on any atom is 0.276 e. The van der Waals surface area contributed by atoms with Gasteiger partial charge in [-0.15, -0.1) is 5.10 Å². The molecule has 0 spiro atoms. The van der Waals surface area contributed by atoms with E-state index < -0.39 is 0 Å². The van der Waals surface area contributed by atoms with Crippen LogP contribution in [0.3, 0.4) is 0 Å². The third kappa shape index (κ3) is 3.44. The Balaban J connectivity index is 1.43. The zero-order valence-corrected chi connectivity index (χ0v) is 14.5. The minimum Gasteiger partial charge on any atom is -0.337 e. The fraction of sp³-hybridized carbons (Fsp3) is 0.526. The van der Waals surface area contributed by atoms with Gasteiger partial charge in [0.2, 0.25) is 0 Å². The van der Waals surface area contributed by atoms with E-state index in [1.807, 2.05) is 15.8 Å². The Morgan fingerprint density at radius 3 is 2.32 bits per heavy atom. The molecule has 132 valence electrons. The highest BCUT2D eigenvalue weighted by atomic mass is 16.2. The summed E-state index contributed by atoms with van der Waals surface area (Å²) >= 11 is 0. The molecular formula is C19H25N5O. The molecule has 1 fully saturated rings. The first-order valence-electron chi connectivity index (χ1n) is 9.24. The summed E-state index contributed by atoms with van der Waals surface area (Å²) < 4.78 is 1.87. The quantitative estimate of drug-likeness (QED) is 0.907. The van der Waals surface area contributed by atoms with Crippen LogP contribution in [0.25, 0.3) is 0 Å². The van der Waals surface area contributed by atoms with Crippen molar-refractivity contribution in [3.05, 3.63) is 47.3 Å². The van der Waals surface area contributed by atoms with Crippen molar-refractivity contribution in [2.24, 2.45) is 5.73 Å². The first-order chi connectivity index (χ1) is 12.2. The van der Waals surface area contributed by atoms with Gasteiger partial charge in [0.05, 0.1) is 12.2 Å². The Hall–Kier alpha value is -2.21. The molecule has 25 heavy (non-hydrogen) atoms. The van der Waals surface area contributed by atoms with Gasteiger partial charge in [-0.1, -0.05) is 29.5 Å². The zero-order chi connectivity index (χ0) is 17.2. The summed E-state index contributed by atoms with van der Waals surface area (Å²) in [6.07, 6.45) is 7.67. The van der Waals surface area contributed by atoms with Gasteiger partial charge in [-0.05, 0) is 49.7 Å². The van der Waals surface area contributed by atoms with Crippen LogP contribution >= 0.6 is 0 Å². The Morgan fingerprint density at radius 1 is 1.04 bits per heavy atom. The number of hydrogen-bond donors (Lipinski definition) is 1. The first kappa shape index (κ1) is 16.3. The number of aromatic nitrogens is 3. The average Bonchev–Trinajstić information content (AvgIpc) is 3.03. The van der Waals surface area contributed by atoms with Crippen molar-refractivity contribution in [3.8, 4) is 0 Å². The van der Waals surface area contributed by atoms with E-state index in [0.29, 0.717) is 17.8 Å². The fourth-order valence-corrected chi connectivity index (χ4v) is 3.95. The predicted octanol–water partition coefficient (Wildman–Crippen LogP) is 1.96. The van der Waals surface area contributed by atoms with Crippen LogP contribution in [0.4, 0.5) is 0 Å². The van der Waals surface area contributed by atoms with Gasteiger partial charge in [0.1, 0.15) is 0 Å². The second kappa shape index (κ2) is 6.96. The molecule has 1 aromatic carbocycles. The van der Waals surface area contributed by atoms with Crippen molar-refractivity contribution >= 4 is 5.91 Å². The third-order valence-corrected chi connectivity index (χ3v) is 5.55. The Morgan fingerprint density at radius 2 is 1.68 bits per heavy atom. The summed E-state index contributed by atoms with van der Waals surface area (Å²) in [5.74, 6) is -0.00781. The van der Waals surface area contributed by atoms with Crippen LogP contribution in [0.1, 0.15) is 53.3 Å². The number of amides is 1. The maximum atomic E-state index is 12.8. The van der Waals surface area contributed by atoms with E-state index >= 15 is 0 Å². The van der Waals surface area contributed by atoms with E-state index in [9.17, 15) is 4.79 Å². The van der Waals surface area contributed by atoms with Crippen LogP contribution in [0, 0.1) is 0 Å². The smallest absolute Gasteiger partial charge is 0.276 e. The molecule has 0 unspecified atom stereocenters. The lowest BCUT2D eigenvalue weighted by atomic mass is 9.92. The van der Waals surface area contributed by atoms with E-state index in [1.165, 1.54) is 11.1 Å². The standard InChI is InChI=1S/C19H25N5O/c20-16-5-7-17(8-6-16)24-13-18(21-22-24)19(25)23-11-9-14-3-1-2-4-15(14)10-12-23/h1-4,13,16-17H,5-12,20H2. The van der Waals surface area contributed by atoms with Crippen LogP contribution in [0.5, 0.6) is 0 Å². The van der Waals surface area contributed by atoms with Crippen LogP contribution in [-0.2, 0) is 12.8 Å². The summed E-state index contributed by atoms with van der Waals surface area (Å²) in [5, 5.41) is 8.38. The number of hydrogen-bond acceptors (Lipinski definition) is 4. The number of benzene rings is 1. The van der Waals surface area contributed by atoms with Gasteiger partial charge < -0.3 is 10.6 Å². The number of nitrogens with two attached hydrogens (primary N) is 1. The molecule has 4 rings (SSSR count). The number of carbonyl (C=O) groups excluding carboxylic acids is 1. The summed E-state index contributed by atoms with van der Waals surface area (Å²) in [6, 6.07) is 9.08. The maximum absolute atomic E-state index is 12.8. The van der Waals surface area contributed by atoms with Crippen molar-refractivity contribution in [3.63, 3.8) is 0 Å². The van der Waals surface area contributed by atoms with Gasteiger partial charge in [0.15, 0.2) is 5.69 Å². The third-order valence-electron chi connectivity index (χ3n) is 5.55. The number of carbonyl (C=O) groups is 1. The molecule has 0 atom stereocenters. The van der Waals surface area contributed by atoms with Crippen molar-refractivity contribution in [2.75, 3.05) is 13.1 Å². The lowest BCUT2D eigenvalue weighted by Crippen LogP contribution is -2.33. The number of nitrogens with zero attached hydrogens (tertiary/aromatic N) is 4. The van der Waals surface area contributed by atoms with Gasteiger partial charge >= 0.3 is 0 Å². The molecule has 2 heterocycles. The molecule has 1 saturated carbocycles. The van der Waals surface area contributed by atoms with Crippen molar-refractivity contribution < 1.29 is 4.79 Å². The summed E-state index contributed by atoms with van der Waals surface area (Å²) in [5.41, 5.74) is 9.12. The van der Waals surface area contributed by atoms with Gasteiger partial charge in [-0.2, -0.15) is 0 Å². The molecule has 1 aliphatic carbocycles. The van der Waals surface area contributed by atoms with Gasteiger partial charge in [-0.3, -0.25) is 4.79 Å². The van der Waals surface area contributed by atoms with E-state index in [0.717, 1.165) is 51.6 Å². The fourth-order valence-electron chi connectivity index (χ4n) is 3.95. The molecule has 0 saturated heterocycles. The summed E-state index contributed by atoms with van der Waals surface area (Å²) in [6.45, 7) is 1.47. The Bertz CT molecular complexity index is 721. The molecule has 6 nitrogen and oxygen atoms in total. The van der Waals surface area contributed by atoms with Crippen LogP contribution in [-0.4, -0.2) is 44.9 Å². The highest BCUT2D eigenvalue weighted by molar-refractivity contribution is 5.92. The average molecular weight is 339 g/mol. The minimum absolute atomic E-state index is 0.00781. The SMILES string of the molecule is NC1CCC(n2cc(C(=O)N3CCc4ccccc4CC3)nn2)CC1. The molecule has 1 amide bonds. The summed E-state index contributed by atoms with van der Waals surface area (Å²) in [7, 11) is 0. The second-order valence-electron chi connectivity index (χ2n) is 7.21. The van der Waals surface area contributed by atoms with Crippen LogP contribution in [0.2, 0.25) is 0 Å². The van der Waals surface area contributed by atoms with Crippen molar-refractivity contribution in [1.29, 1.82) is 0 Å². The van der Waals surface area contributed by atoms with Gasteiger partial charge in [0.25, 0.3) is 5.91 Å². The topological polar surface area (TPSA) is 77.0 Å². The normalized spacial score (nSPS) is 23.8. The van der Waals surface area contributed by atoms with Crippen molar-refractivity contribution in [1.82, 2.24) is 19.9 Å². The number of fused-ring (bicyclic) bond motifs is 1. The highest BCUT2D eigenvalue weighted by Crippen LogP contribution is 2.27. The predicted molar refractivity (Wildman–Crippen MR) is 95.3 cm³/mol. The van der Waals surface area contributed by atoms with E-state index in [4.69, 9.17) is 5.73 Å². The van der Waals surface area contributed by atoms with Crippen LogP contribution < -0.4 is 5.73 Å². The van der Waals surface area contributed by atoms with E-state index in [2.05, 4.69) is 34.6 Å². The minimum atomic E-state index is -0.00781. The molecular weight excluding hydrogens is 314 g/mol. The van der Waals surface area contributed by atoms with E-state index in [1.54, 1.807) is 0 Å². The molecule has 2 N–H and O–H groups in total. The highest BCUT2D eigenvalue weighted by Gasteiger charge is 2.25. The van der Waals surface area contributed by atoms with Crippen molar-refractivity contribution in [2.45, 2.75) is 50.6 Å². The zero-order valence-electron chi connectivity index (χ0n) is 14.5.